The predicted octanol–water partition coefficient (Wildman–Crippen LogP) is 4.69. The van der Waals surface area contributed by atoms with Crippen molar-refractivity contribution in [2.75, 3.05) is 35.8 Å². The van der Waals surface area contributed by atoms with E-state index in [9.17, 15) is 4.79 Å². The van der Waals surface area contributed by atoms with Crippen molar-refractivity contribution in [3.05, 3.63) is 29.8 Å². The van der Waals surface area contributed by atoms with Gasteiger partial charge in [-0.2, -0.15) is 4.37 Å². The van der Waals surface area contributed by atoms with Crippen molar-refractivity contribution in [3.8, 4) is 0 Å². The summed E-state index contributed by atoms with van der Waals surface area (Å²) in [6.45, 7) is 6.21. The number of aromatic nitrogens is 1. The normalized spacial score (nSPS) is 10.6. The second-order valence-electron chi connectivity index (χ2n) is 4.73. The van der Waals surface area contributed by atoms with Crippen molar-refractivity contribution in [1.29, 1.82) is 0 Å². The van der Waals surface area contributed by atoms with Gasteiger partial charge < -0.3 is 10.2 Å². The van der Waals surface area contributed by atoms with Gasteiger partial charge in [-0.3, -0.25) is 4.79 Å². The first-order valence-corrected chi connectivity index (χ1v) is 10.6. The molecule has 2 aromatic rings. The molecule has 0 saturated heterocycles. The zero-order valence-electron chi connectivity index (χ0n) is 13.8. The number of carbonyl (C=O) groups is 1. The SMILES string of the molecule is CCN(CC)c1ccc(NC(=O)c2c(SC)nsc2SC)cc1. The molecule has 0 radical (unpaired) electrons. The van der Waals surface area contributed by atoms with E-state index in [0.29, 0.717) is 5.56 Å². The summed E-state index contributed by atoms with van der Waals surface area (Å²) in [6.07, 6.45) is 3.90. The van der Waals surface area contributed by atoms with Crippen LogP contribution < -0.4 is 10.2 Å². The van der Waals surface area contributed by atoms with Gasteiger partial charge in [-0.05, 0) is 62.2 Å². The molecule has 0 unspecified atom stereocenters. The Labute approximate surface area is 150 Å². The van der Waals surface area contributed by atoms with E-state index < -0.39 is 0 Å². The number of nitrogens with zero attached hydrogens (tertiary/aromatic N) is 2. The lowest BCUT2D eigenvalue weighted by Gasteiger charge is -2.21. The number of amides is 1. The van der Waals surface area contributed by atoms with Crippen LogP contribution in [0.5, 0.6) is 0 Å². The molecule has 7 heteroatoms. The largest absolute Gasteiger partial charge is 0.372 e. The van der Waals surface area contributed by atoms with Gasteiger partial charge in [-0.15, -0.1) is 23.5 Å². The molecule has 0 atom stereocenters. The minimum absolute atomic E-state index is 0.0944. The molecule has 0 aliphatic rings. The molecule has 1 amide bonds. The van der Waals surface area contributed by atoms with Crippen LogP contribution >= 0.6 is 35.1 Å². The van der Waals surface area contributed by atoms with E-state index in [1.54, 1.807) is 11.8 Å². The van der Waals surface area contributed by atoms with Crippen molar-refractivity contribution in [2.24, 2.45) is 0 Å². The van der Waals surface area contributed by atoms with E-state index in [1.807, 2.05) is 36.8 Å². The predicted molar refractivity (Wildman–Crippen MR) is 104 cm³/mol. The molecule has 0 fully saturated rings. The third kappa shape index (κ3) is 4.22. The average molecular weight is 368 g/mol. The molecule has 1 heterocycles. The van der Waals surface area contributed by atoms with Gasteiger partial charge >= 0.3 is 0 Å². The fourth-order valence-electron chi connectivity index (χ4n) is 2.27. The maximum atomic E-state index is 12.6. The lowest BCUT2D eigenvalue weighted by atomic mass is 10.2. The third-order valence-corrected chi connectivity index (χ3v) is 6.23. The van der Waals surface area contributed by atoms with Gasteiger partial charge in [0.2, 0.25) is 0 Å². The molecule has 124 valence electrons. The molecule has 0 aliphatic heterocycles. The number of benzene rings is 1. The molecule has 0 saturated carbocycles. The Morgan fingerprint density at radius 1 is 1.17 bits per heavy atom. The first-order valence-electron chi connectivity index (χ1n) is 7.38. The van der Waals surface area contributed by atoms with E-state index in [2.05, 4.69) is 28.4 Å². The fraction of sp³-hybridized carbons (Fsp3) is 0.375. The molecule has 0 aliphatic carbocycles. The number of rotatable bonds is 7. The van der Waals surface area contributed by atoms with Gasteiger partial charge in [0.05, 0.1) is 9.77 Å². The van der Waals surface area contributed by atoms with E-state index in [4.69, 9.17) is 0 Å². The molecule has 23 heavy (non-hydrogen) atoms. The summed E-state index contributed by atoms with van der Waals surface area (Å²) in [5.74, 6) is -0.0944. The number of anilines is 2. The van der Waals surface area contributed by atoms with E-state index in [1.165, 1.54) is 29.0 Å². The smallest absolute Gasteiger partial charge is 0.260 e. The summed E-state index contributed by atoms with van der Waals surface area (Å²) in [6, 6.07) is 7.98. The Balaban J connectivity index is 2.16. The molecular weight excluding hydrogens is 346 g/mol. The van der Waals surface area contributed by atoms with Gasteiger partial charge in [0.1, 0.15) is 5.03 Å². The first-order chi connectivity index (χ1) is 11.1. The van der Waals surface area contributed by atoms with Crippen LogP contribution in [0.3, 0.4) is 0 Å². The summed E-state index contributed by atoms with van der Waals surface area (Å²) < 4.78 is 5.29. The standard InChI is InChI=1S/C16H21N3OS3/c1-5-19(6-2)12-9-7-11(8-10-12)17-14(20)13-15(21-3)18-23-16(13)22-4/h7-10H,5-6H2,1-4H3,(H,17,20). The Hall–Kier alpha value is -1.18. The molecule has 4 nitrogen and oxygen atoms in total. The molecule has 1 aromatic heterocycles. The molecule has 0 bridgehead atoms. The van der Waals surface area contributed by atoms with Crippen molar-refractivity contribution in [2.45, 2.75) is 23.1 Å². The summed E-state index contributed by atoms with van der Waals surface area (Å²) in [5, 5.41) is 3.77. The maximum Gasteiger partial charge on any atom is 0.260 e. The molecule has 2 rings (SSSR count). The van der Waals surface area contributed by atoms with Gasteiger partial charge in [0, 0.05) is 24.5 Å². The third-order valence-electron chi connectivity index (χ3n) is 3.49. The van der Waals surface area contributed by atoms with E-state index >= 15 is 0 Å². The zero-order chi connectivity index (χ0) is 16.8. The van der Waals surface area contributed by atoms with Crippen LogP contribution in [0.2, 0.25) is 0 Å². The summed E-state index contributed by atoms with van der Waals surface area (Å²) in [7, 11) is 0. The van der Waals surface area contributed by atoms with Gasteiger partial charge in [0.25, 0.3) is 5.91 Å². The minimum Gasteiger partial charge on any atom is -0.372 e. The maximum absolute atomic E-state index is 12.6. The topological polar surface area (TPSA) is 45.2 Å². The van der Waals surface area contributed by atoms with Crippen molar-refractivity contribution < 1.29 is 4.79 Å². The van der Waals surface area contributed by atoms with Gasteiger partial charge in [-0.25, -0.2) is 0 Å². The van der Waals surface area contributed by atoms with Crippen LogP contribution in [0.15, 0.2) is 33.5 Å². The van der Waals surface area contributed by atoms with Gasteiger partial charge in [0.15, 0.2) is 0 Å². The fourth-order valence-corrected chi connectivity index (χ4v) is 4.55. The van der Waals surface area contributed by atoms with E-state index in [0.717, 1.165) is 28.0 Å². The van der Waals surface area contributed by atoms with Crippen molar-refractivity contribution in [1.82, 2.24) is 4.37 Å². The average Bonchev–Trinajstić information content (AvgIpc) is 3.00. The van der Waals surface area contributed by atoms with Crippen LogP contribution in [-0.4, -0.2) is 35.9 Å². The molecule has 1 aromatic carbocycles. The van der Waals surface area contributed by atoms with Crippen molar-refractivity contribution >= 4 is 52.3 Å². The monoisotopic (exact) mass is 367 g/mol. The molecular formula is C16H21N3OS3. The highest BCUT2D eigenvalue weighted by atomic mass is 32.2. The molecule has 1 N–H and O–H groups in total. The first kappa shape index (κ1) is 18.2. The Morgan fingerprint density at radius 2 is 1.83 bits per heavy atom. The van der Waals surface area contributed by atoms with Crippen LogP contribution in [0.25, 0.3) is 0 Å². The second-order valence-corrected chi connectivity index (χ2v) is 7.37. The number of hydrogen-bond acceptors (Lipinski definition) is 6. The highest BCUT2D eigenvalue weighted by Gasteiger charge is 2.20. The lowest BCUT2D eigenvalue weighted by molar-refractivity contribution is 0.102. The van der Waals surface area contributed by atoms with Crippen LogP contribution in [0.4, 0.5) is 11.4 Å². The Kier molecular flexibility index (Phi) is 6.80. The summed E-state index contributed by atoms with van der Waals surface area (Å²) in [4.78, 5) is 14.9. The lowest BCUT2D eigenvalue weighted by Crippen LogP contribution is -2.21. The number of hydrogen-bond donors (Lipinski definition) is 1. The Bertz CT molecular complexity index is 630. The summed E-state index contributed by atoms with van der Waals surface area (Å²) in [5.41, 5.74) is 2.65. The minimum atomic E-state index is -0.0944. The highest BCUT2D eigenvalue weighted by Crippen LogP contribution is 2.33. The summed E-state index contributed by atoms with van der Waals surface area (Å²) >= 11 is 4.44. The Morgan fingerprint density at radius 3 is 2.35 bits per heavy atom. The van der Waals surface area contributed by atoms with Crippen LogP contribution in [0, 0.1) is 0 Å². The van der Waals surface area contributed by atoms with Crippen molar-refractivity contribution in [3.63, 3.8) is 0 Å². The number of carbonyl (C=O) groups excluding carboxylic acids is 1. The second kappa shape index (κ2) is 8.61. The highest BCUT2D eigenvalue weighted by molar-refractivity contribution is 8.01. The number of nitrogens with one attached hydrogen (secondary N) is 1. The zero-order valence-corrected chi connectivity index (χ0v) is 16.2. The molecule has 0 spiro atoms. The van der Waals surface area contributed by atoms with Crippen LogP contribution in [0.1, 0.15) is 24.2 Å². The quantitative estimate of drug-likeness (QED) is 0.720. The van der Waals surface area contributed by atoms with Crippen LogP contribution in [-0.2, 0) is 0 Å². The van der Waals surface area contributed by atoms with E-state index in [-0.39, 0.29) is 5.91 Å². The van der Waals surface area contributed by atoms with Gasteiger partial charge in [-0.1, -0.05) is 0 Å². The number of thioether (sulfide) groups is 2.